The lowest BCUT2D eigenvalue weighted by Crippen LogP contribution is -2.30. The zero-order valence-electron chi connectivity index (χ0n) is 11.4. The van der Waals surface area contributed by atoms with E-state index in [1.54, 1.807) is 0 Å². The fourth-order valence-corrected chi connectivity index (χ4v) is 1.60. The Kier molecular flexibility index (Phi) is 12.5. The third kappa shape index (κ3) is 16.9. The Bertz CT molecular complexity index is 212. The van der Waals surface area contributed by atoms with Gasteiger partial charge >= 0.3 is 11.9 Å². The first kappa shape index (κ1) is 17.9. The van der Waals surface area contributed by atoms with Gasteiger partial charge in [-0.3, -0.25) is 9.59 Å². The van der Waals surface area contributed by atoms with E-state index in [1.165, 1.54) is 0 Å². The summed E-state index contributed by atoms with van der Waals surface area (Å²) in [6.07, 6.45) is 4.53. The summed E-state index contributed by atoms with van der Waals surface area (Å²) in [4.78, 5) is 20.2. The van der Waals surface area contributed by atoms with Crippen molar-refractivity contribution in [3.63, 3.8) is 0 Å². The zero-order valence-corrected chi connectivity index (χ0v) is 11.4. The van der Waals surface area contributed by atoms with E-state index in [2.05, 4.69) is 5.32 Å². The highest BCUT2D eigenvalue weighted by Crippen LogP contribution is 2.06. The van der Waals surface area contributed by atoms with Gasteiger partial charge in [-0.1, -0.05) is 19.3 Å². The van der Waals surface area contributed by atoms with Crippen LogP contribution in [0.5, 0.6) is 0 Å². The van der Waals surface area contributed by atoms with Crippen LogP contribution in [0.25, 0.3) is 0 Å². The molecule has 1 aliphatic rings. The minimum absolute atomic E-state index is 0.221. The molecule has 6 nitrogen and oxygen atoms in total. The highest BCUT2D eigenvalue weighted by atomic mass is 16.5. The molecule has 0 aromatic carbocycles. The Hall–Kier alpha value is -1.14. The van der Waals surface area contributed by atoms with Gasteiger partial charge in [0.15, 0.2) is 0 Å². The van der Waals surface area contributed by atoms with E-state index in [-0.39, 0.29) is 12.8 Å². The number of ether oxygens (including phenoxy) is 1. The summed E-state index contributed by atoms with van der Waals surface area (Å²) in [6.45, 7) is 3.83. The number of carbonyl (C=O) groups is 2. The van der Waals surface area contributed by atoms with Crippen LogP contribution >= 0.6 is 0 Å². The van der Waals surface area contributed by atoms with E-state index in [4.69, 9.17) is 14.9 Å². The van der Waals surface area contributed by atoms with Crippen molar-refractivity contribution in [3.05, 3.63) is 0 Å². The van der Waals surface area contributed by atoms with Gasteiger partial charge in [-0.25, -0.2) is 0 Å². The highest BCUT2D eigenvalue weighted by molar-refractivity contribution is 5.66. The lowest BCUT2D eigenvalue weighted by atomic mass is 10.1. The van der Waals surface area contributed by atoms with Crippen LogP contribution in [-0.2, 0) is 14.3 Å². The minimum Gasteiger partial charge on any atom is -0.481 e. The average Bonchev–Trinajstić information content (AvgIpc) is 2.40. The number of hydrogen-bond acceptors (Lipinski definition) is 4. The minimum atomic E-state index is -0.759. The molecule has 0 spiro atoms. The van der Waals surface area contributed by atoms with Crippen molar-refractivity contribution in [2.75, 3.05) is 26.3 Å². The van der Waals surface area contributed by atoms with Crippen molar-refractivity contribution < 1.29 is 24.5 Å². The summed E-state index contributed by atoms with van der Waals surface area (Å²) in [7, 11) is 0. The zero-order chi connectivity index (χ0) is 14.3. The van der Waals surface area contributed by atoms with Crippen molar-refractivity contribution in [2.24, 2.45) is 0 Å². The van der Waals surface area contributed by atoms with E-state index < -0.39 is 11.9 Å². The number of carboxylic acids is 2. The Labute approximate surface area is 114 Å². The molecule has 0 unspecified atom stereocenters. The fourth-order valence-electron chi connectivity index (χ4n) is 1.60. The molecule has 1 heterocycles. The third-order valence-electron chi connectivity index (χ3n) is 2.63. The quantitative estimate of drug-likeness (QED) is 0.581. The van der Waals surface area contributed by atoms with Crippen molar-refractivity contribution in [1.29, 1.82) is 0 Å². The monoisotopic (exact) mass is 275 g/mol. The number of unbranched alkanes of at least 4 members (excludes halogenated alkanes) is 4. The second-order valence-electron chi connectivity index (χ2n) is 4.42. The molecule has 6 heteroatoms. The number of nitrogens with one attached hydrogen (secondary N) is 1. The van der Waals surface area contributed by atoms with E-state index in [0.29, 0.717) is 12.8 Å². The molecule has 0 aromatic rings. The maximum Gasteiger partial charge on any atom is 0.303 e. The van der Waals surface area contributed by atoms with Crippen molar-refractivity contribution >= 4 is 11.9 Å². The molecule has 0 aromatic heterocycles. The molecule has 1 aliphatic heterocycles. The maximum absolute atomic E-state index is 10.1. The smallest absolute Gasteiger partial charge is 0.303 e. The van der Waals surface area contributed by atoms with Gasteiger partial charge in [0.25, 0.3) is 0 Å². The molecule has 0 amide bonds. The summed E-state index contributed by atoms with van der Waals surface area (Å²) < 4.78 is 5.01. The summed E-state index contributed by atoms with van der Waals surface area (Å²) in [6, 6.07) is 0. The standard InChI is InChI=1S/C9H16O4.C4H9NO/c10-8(11)6-4-2-1-3-5-7-9(12)13;1-3-6-4-2-5-1/h1-7H2,(H,10,11)(H,12,13);5H,1-4H2. The number of aliphatic carboxylic acids is 2. The number of carboxylic acid groups (broad SMARTS) is 2. The van der Waals surface area contributed by atoms with Crippen molar-refractivity contribution in [2.45, 2.75) is 44.9 Å². The average molecular weight is 275 g/mol. The van der Waals surface area contributed by atoms with Crippen LogP contribution in [-0.4, -0.2) is 48.5 Å². The van der Waals surface area contributed by atoms with Crippen molar-refractivity contribution in [1.82, 2.24) is 5.32 Å². The summed E-state index contributed by atoms with van der Waals surface area (Å²) in [5.74, 6) is -1.52. The first-order valence-electron chi connectivity index (χ1n) is 6.85. The lowest BCUT2D eigenvalue weighted by Gasteiger charge is -2.10. The molecule has 3 N–H and O–H groups in total. The van der Waals surface area contributed by atoms with E-state index >= 15 is 0 Å². The van der Waals surface area contributed by atoms with Gasteiger partial charge in [0.05, 0.1) is 13.2 Å². The molecule has 112 valence electrons. The molecular formula is C13H25NO5. The maximum atomic E-state index is 10.1. The van der Waals surface area contributed by atoms with E-state index in [1.807, 2.05) is 0 Å². The molecule has 1 rings (SSSR count). The van der Waals surface area contributed by atoms with Gasteiger partial charge in [-0.15, -0.1) is 0 Å². The summed E-state index contributed by atoms with van der Waals surface area (Å²) in [5, 5.41) is 19.8. The molecule has 1 saturated heterocycles. The number of hydrogen-bond donors (Lipinski definition) is 3. The SMILES string of the molecule is C1COCCN1.O=C(O)CCCCCCCC(=O)O. The van der Waals surface area contributed by atoms with Crippen LogP contribution in [0.1, 0.15) is 44.9 Å². The predicted octanol–water partition coefficient (Wildman–Crippen LogP) is 1.49. The highest BCUT2D eigenvalue weighted by Gasteiger charge is 1.98. The van der Waals surface area contributed by atoms with E-state index in [0.717, 1.165) is 45.6 Å². The van der Waals surface area contributed by atoms with Crippen molar-refractivity contribution in [3.8, 4) is 0 Å². The summed E-state index contributed by atoms with van der Waals surface area (Å²) >= 11 is 0. The number of rotatable bonds is 8. The van der Waals surface area contributed by atoms with Gasteiger partial charge in [0.1, 0.15) is 0 Å². The lowest BCUT2D eigenvalue weighted by molar-refractivity contribution is -0.138. The first-order chi connectivity index (χ1) is 9.13. The Balaban J connectivity index is 0.000000443. The van der Waals surface area contributed by atoms with Gasteiger partial charge in [0, 0.05) is 25.9 Å². The molecule has 0 atom stereocenters. The van der Waals surface area contributed by atoms with Crippen LogP contribution in [0.4, 0.5) is 0 Å². The normalized spacial score (nSPS) is 14.3. The second-order valence-corrected chi connectivity index (χ2v) is 4.42. The topological polar surface area (TPSA) is 95.9 Å². The fraction of sp³-hybridized carbons (Fsp3) is 0.846. The predicted molar refractivity (Wildman–Crippen MR) is 71.3 cm³/mol. The van der Waals surface area contributed by atoms with Gasteiger partial charge in [-0.05, 0) is 12.8 Å². The molecule has 0 saturated carbocycles. The first-order valence-corrected chi connectivity index (χ1v) is 6.85. The molecule has 0 radical (unpaired) electrons. The second kappa shape index (κ2) is 13.3. The van der Waals surface area contributed by atoms with Crippen LogP contribution in [0.15, 0.2) is 0 Å². The molecule has 0 bridgehead atoms. The number of morpholine rings is 1. The van der Waals surface area contributed by atoms with Crippen LogP contribution < -0.4 is 5.32 Å². The van der Waals surface area contributed by atoms with Crippen LogP contribution in [0.2, 0.25) is 0 Å². The van der Waals surface area contributed by atoms with E-state index in [9.17, 15) is 9.59 Å². The molecule has 0 aliphatic carbocycles. The molecular weight excluding hydrogens is 250 g/mol. The van der Waals surface area contributed by atoms with Gasteiger partial charge in [-0.2, -0.15) is 0 Å². The summed E-state index contributed by atoms with van der Waals surface area (Å²) in [5.41, 5.74) is 0. The molecule has 1 fully saturated rings. The largest absolute Gasteiger partial charge is 0.481 e. The van der Waals surface area contributed by atoms with Gasteiger partial charge < -0.3 is 20.3 Å². The Morgan fingerprint density at radius 1 is 0.842 bits per heavy atom. The van der Waals surface area contributed by atoms with Gasteiger partial charge in [0.2, 0.25) is 0 Å². The molecule has 19 heavy (non-hydrogen) atoms. The van der Waals surface area contributed by atoms with Crippen LogP contribution in [0.3, 0.4) is 0 Å². The Morgan fingerprint density at radius 3 is 1.53 bits per heavy atom. The van der Waals surface area contributed by atoms with Crippen LogP contribution in [0, 0.1) is 0 Å². The Morgan fingerprint density at radius 2 is 1.26 bits per heavy atom. The third-order valence-corrected chi connectivity index (χ3v) is 2.63.